The van der Waals surface area contributed by atoms with Crippen molar-refractivity contribution in [1.82, 2.24) is 4.98 Å². The second-order valence-electron chi connectivity index (χ2n) is 3.84. The van der Waals surface area contributed by atoms with E-state index in [9.17, 15) is 0 Å². The Bertz CT molecular complexity index is 558. The summed E-state index contributed by atoms with van der Waals surface area (Å²) in [5.74, 6) is 0. The Morgan fingerprint density at radius 2 is 2.00 bits per heavy atom. The molecule has 0 spiro atoms. The van der Waals surface area contributed by atoms with Gasteiger partial charge < -0.3 is 5.32 Å². The lowest BCUT2D eigenvalue weighted by Gasteiger charge is -2.07. The Kier molecular flexibility index (Phi) is 4.16. The van der Waals surface area contributed by atoms with Crippen LogP contribution in [0.5, 0.6) is 0 Å². The molecule has 0 aliphatic rings. The van der Waals surface area contributed by atoms with E-state index >= 15 is 0 Å². The molecule has 2 rings (SSSR count). The van der Waals surface area contributed by atoms with E-state index in [1.165, 1.54) is 5.56 Å². The lowest BCUT2D eigenvalue weighted by Crippen LogP contribution is -2.06. The zero-order valence-corrected chi connectivity index (χ0v) is 10.5. The third-order valence-electron chi connectivity index (χ3n) is 2.58. The highest BCUT2D eigenvalue weighted by Gasteiger charge is 2.00. The molecule has 0 amide bonds. The van der Waals surface area contributed by atoms with Gasteiger partial charge >= 0.3 is 0 Å². The predicted octanol–water partition coefficient (Wildman–Crippen LogP) is 3.26. The minimum atomic E-state index is 0.612. The average molecular weight is 258 g/mol. The van der Waals surface area contributed by atoms with E-state index in [4.69, 9.17) is 16.9 Å². The fourth-order valence-electron chi connectivity index (χ4n) is 1.63. The molecule has 0 aliphatic heterocycles. The Hall–Kier alpha value is -2.05. The third-order valence-corrected chi connectivity index (χ3v) is 2.84. The topological polar surface area (TPSA) is 48.7 Å². The Labute approximate surface area is 111 Å². The van der Waals surface area contributed by atoms with Crippen molar-refractivity contribution in [2.45, 2.75) is 6.42 Å². The zero-order chi connectivity index (χ0) is 12.8. The number of hydrogen-bond donors (Lipinski definition) is 1. The molecule has 0 unspecified atom stereocenters. The Balaban J connectivity index is 1.93. The number of nitriles is 1. The summed E-state index contributed by atoms with van der Waals surface area (Å²) < 4.78 is 0. The number of benzene rings is 1. The third kappa shape index (κ3) is 3.22. The van der Waals surface area contributed by atoms with Crippen molar-refractivity contribution in [3.63, 3.8) is 0 Å². The number of pyridine rings is 1. The highest BCUT2D eigenvalue weighted by Crippen LogP contribution is 2.13. The molecule has 90 valence electrons. The summed E-state index contributed by atoms with van der Waals surface area (Å²) >= 11 is 5.82. The molecular formula is C14H12ClN3. The number of nitrogens with zero attached hydrogens (tertiary/aromatic N) is 2. The van der Waals surface area contributed by atoms with Crippen LogP contribution < -0.4 is 5.32 Å². The van der Waals surface area contributed by atoms with Crippen LogP contribution in [0.2, 0.25) is 5.02 Å². The zero-order valence-electron chi connectivity index (χ0n) is 9.73. The summed E-state index contributed by atoms with van der Waals surface area (Å²) in [6, 6.07) is 11.6. The van der Waals surface area contributed by atoms with Crippen LogP contribution in [0.1, 0.15) is 11.1 Å². The van der Waals surface area contributed by atoms with Crippen molar-refractivity contribution < 1.29 is 0 Å². The minimum absolute atomic E-state index is 0.612. The van der Waals surface area contributed by atoms with Crippen molar-refractivity contribution >= 4 is 17.3 Å². The standard InChI is InChI=1S/C14H12ClN3/c15-13-3-1-11(2-4-13)5-8-18-14-10-17-7-6-12(14)9-16/h1-4,6-7,10,18H,5,8H2. The van der Waals surface area contributed by atoms with Crippen LogP contribution in [0.15, 0.2) is 42.7 Å². The second kappa shape index (κ2) is 6.04. The lowest BCUT2D eigenvalue weighted by molar-refractivity contribution is 1.02. The maximum Gasteiger partial charge on any atom is 0.101 e. The van der Waals surface area contributed by atoms with E-state index in [1.54, 1.807) is 18.5 Å². The average Bonchev–Trinajstić information content (AvgIpc) is 2.41. The quantitative estimate of drug-likeness (QED) is 0.915. The summed E-state index contributed by atoms with van der Waals surface area (Å²) in [5, 5.41) is 12.9. The molecule has 0 aliphatic carbocycles. The molecule has 0 saturated carbocycles. The molecule has 1 N–H and O–H groups in total. The molecule has 0 saturated heterocycles. The highest BCUT2D eigenvalue weighted by molar-refractivity contribution is 6.30. The first kappa shape index (κ1) is 12.4. The number of anilines is 1. The molecule has 0 bridgehead atoms. The summed E-state index contributed by atoms with van der Waals surface area (Å²) in [6.07, 6.45) is 4.15. The predicted molar refractivity (Wildman–Crippen MR) is 72.6 cm³/mol. The van der Waals surface area contributed by atoms with Crippen LogP contribution in [-0.4, -0.2) is 11.5 Å². The van der Waals surface area contributed by atoms with E-state index in [-0.39, 0.29) is 0 Å². The van der Waals surface area contributed by atoms with Crippen molar-refractivity contribution in [1.29, 1.82) is 5.26 Å². The van der Waals surface area contributed by atoms with Crippen molar-refractivity contribution in [3.8, 4) is 6.07 Å². The first-order chi connectivity index (χ1) is 8.79. The maximum atomic E-state index is 8.93. The second-order valence-corrected chi connectivity index (χ2v) is 4.27. The van der Waals surface area contributed by atoms with Crippen LogP contribution in [0.3, 0.4) is 0 Å². The molecule has 1 aromatic carbocycles. The van der Waals surface area contributed by atoms with Crippen molar-refractivity contribution in [3.05, 3.63) is 58.9 Å². The van der Waals surface area contributed by atoms with Crippen LogP contribution in [0, 0.1) is 11.3 Å². The van der Waals surface area contributed by atoms with Crippen molar-refractivity contribution in [2.75, 3.05) is 11.9 Å². The molecule has 0 atom stereocenters. The molecule has 4 heteroatoms. The number of rotatable bonds is 4. The van der Waals surface area contributed by atoms with Gasteiger partial charge in [0.15, 0.2) is 0 Å². The number of aromatic nitrogens is 1. The molecular weight excluding hydrogens is 246 g/mol. The van der Waals surface area contributed by atoms with Gasteiger partial charge in [0, 0.05) is 17.8 Å². The molecule has 0 radical (unpaired) electrons. The number of hydrogen-bond acceptors (Lipinski definition) is 3. The van der Waals surface area contributed by atoms with Gasteiger partial charge in [0.25, 0.3) is 0 Å². The molecule has 0 fully saturated rings. The fraction of sp³-hybridized carbons (Fsp3) is 0.143. The van der Waals surface area contributed by atoms with E-state index in [0.29, 0.717) is 5.56 Å². The summed E-state index contributed by atoms with van der Waals surface area (Å²) in [4.78, 5) is 4.00. The van der Waals surface area contributed by atoms with E-state index < -0.39 is 0 Å². The van der Waals surface area contributed by atoms with Gasteiger partial charge in [-0.3, -0.25) is 4.98 Å². The van der Waals surface area contributed by atoms with Crippen LogP contribution in [0.25, 0.3) is 0 Å². The fourth-order valence-corrected chi connectivity index (χ4v) is 1.75. The van der Waals surface area contributed by atoms with E-state index in [1.807, 2.05) is 24.3 Å². The molecule has 1 aromatic heterocycles. The SMILES string of the molecule is N#Cc1ccncc1NCCc1ccc(Cl)cc1. The molecule has 1 heterocycles. The van der Waals surface area contributed by atoms with Gasteiger partial charge in [-0.1, -0.05) is 23.7 Å². The van der Waals surface area contributed by atoms with Crippen LogP contribution in [0.4, 0.5) is 5.69 Å². The largest absolute Gasteiger partial charge is 0.382 e. The van der Waals surface area contributed by atoms with Crippen LogP contribution in [-0.2, 0) is 6.42 Å². The summed E-state index contributed by atoms with van der Waals surface area (Å²) in [7, 11) is 0. The highest BCUT2D eigenvalue weighted by atomic mass is 35.5. The molecule has 2 aromatic rings. The summed E-state index contributed by atoms with van der Waals surface area (Å²) in [5.41, 5.74) is 2.59. The van der Waals surface area contributed by atoms with Gasteiger partial charge in [-0.2, -0.15) is 5.26 Å². The minimum Gasteiger partial charge on any atom is -0.382 e. The lowest BCUT2D eigenvalue weighted by atomic mass is 10.1. The van der Waals surface area contributed by atoms with E-state index in [2.05, 4.69) is 16.4 Å². The Morgan fingerprint density at radius 1 is 1.22 bits per heavy atom. The van der Waals surface area contributed by atoms with Gasteiger partial charge in [0.2, 0.25) is 0 Å². The molecule has 18 heavy (non-hydrogen) atoms. The van der Waals surface area contributed by atoms with Crippen LogP contribution >= 0.6 is 11.6 Å². The van der Waals surface area contributed by atoms with Gasteiger partial charge in [-0.25, -0.2) is 0 Å². The Morgan fingerprint density at radius 3 is 2.72 bits per heavy atom. The number of halogens is 1. The van der Waals surface area contributed by atoms with Gasteiger partial charge in [-0.05, 0) is 30.2 Å². The van der Waals surface area contributed by atoms with Gasteiger partial charge in [0.05, 0.1) is 17.4 Å². The first-order valence-electron chi connectivity index (χ1n) is 5.62. The van der Waals surface area contributed by atoms with Crippen molar-refractivity contribution in [2.24, 2.45) is 0 Å². The van der Waals surface area contributed by atoms with E-state index in [0.717, 1.165) is 23.7 Å². The normalized spacial score (nSPS) is 9.78. The van der Waals surface area contributed by atoms with Gasteiger partial charge in [-0.15, -0.1) is 0 Å². The maximum absolute atomic E-state index is 8.93. The molecule has 3 nitrogen and oxygen atoms in total. The first-order valence-corrected chi connectivity index (χ1v) is 6.00. The number of nitrogens with one attached hydrogen (secondary N) is 1. The summed E-state index contributed by atoms with van der Waals surface area (Å²) in [6.45, 7) is 0.752. The monoisotopic (exact) mass is 257 g/mol. The van der Waals surface area contributed by atoms with Gasteiger partial charge in [0.1, 0.15) is 6.07 Å². The smallest absolute Gasteiger partial charge is 0.101 e.